The molecule has 0 aliphatic rings. The van der Waals surface area contributed by atoms with E-state index in [1.165, 1.54) is 13.0 Å². The molecule has 2 N–H and O–H groups in total. The van der Waals surface area contributed by atoms with Crippen LogP contribution in [-0.4, -0.2) is 54.5 Å². The molecule has 4 atom stereocenters. The fraction of sp³-hybridized carbons (Fsp3) is 0.667. The van der Waals surface area contributed by atoms with Crippen molar-refractivity contribution in [3.63, 3.8) is 0 Å². The monoisotopic (exact) mass is 302 g/mol. The topological polar surface area (TPSA) is 85.2 Å². The van der Waals surface area contributed by atoms with Gasteiger partial charge >= 0.3 is 5.97 Å². The fourth-order valence-electron chi connectivity index (χ4n) is 1.46. The third kappa shape index (κ3) is 10.2. The van der Waals surface area contributed by atoms with Crippen LogP contribution in [0.3, 0.4) is 0 Å². The first-order chi connectivity index (χ1) is 9.90. The maximum absolute atomic E-state index is 11.5. The molecule has 0 aromatic rings. The van der Waals surface area contributed by atoms with Gasteiger partial charge in [-0.15, -0.1) is 6.58 Å². The molecule has 0 saturated carbocycles. The van der Waals surface area contributed by atoms with Crippen molar-refractivity contribution in [2.75, 3.05) is 13.9 Å². The van der Waals surface area contributed by atoms with Gasteiger partial charge in [-0.2, -0.15) is 0 Å². The highest BCUT2D eigenvalue weighted by Crippen LogP contribution is 2.09. The third-order valence-corrected chi connectivity index (χ3v) is 2.76. The van der Waals surface area contributed by atoms with E-state index in [-0.39, 0.29) is 19.0 Å². The summed E-state index contributed by atoms with van der Waals surface area (Å²) in [4.78, 5) is 11.5. The zero-order chi connectivity index (χ0) is 16.3. The summed E-state index contributed by atoms with van der Waals surface area (Å²) in [5, 5.41) is 18.4. The molecule has 0 saturated heterocycles. The van der Waals surface area contributed by atoms with Crippen LogP contribution in [0, 0.1) is 0 Å². The van der Waals surface area contributed by atoms with E-state index in [0.29, 0.717) is 12.8 Å². The molecule has 0 radical (unpaired) electrons. The average Bonchev–Trinajstić information content (AvgIpc) is 2.44. The zero-order valence-electron chi connectivity index (χ0n) is 12.9. The van der Waals surface area contributed by atoms with Crippen molar-refractivity contribution >= 4 is 5.97 Å². The molecule has 6 nitrogen and oxygen atoms in total. The van der Waals surface area contributed by atoms with E-state index < -0.39 is 18.2 Å². The van der Waals surface area contributed by atoms with Crippen LogP contribution in [0.5, 0.6) is 0 Å². The molecule has 0 amide bonds. The maximum Gasteiger partial charge on any atom is 0.330 e. The van der Waals surface area contributed by atoms with Crippen molar-refractivity contribution in [2.24, 2.45) is 0 Å². The molecule has 0 unspecified atom stereocenters. The Labute approximate surface area is 126 Å². The maximum atomic E-state index is 11.5. The van der Waals surface area contributed by atoms with Gasteiger partial charge < -0.3 is 24.4 Å². The lowest BCUT2D eigenvalue weighted by Crippen LogP contribution is -2.21. The van der Waals surface area contributed by atoms with E-state index in [9.17, 15) is 9.90 Å². The number of rotatable bonds is 11. The number of ether oxygens (including phenoxy) is 3. The SMILES string of the molecule is C=C[C@H](CC[C@H](C)OC(=O)/C=C/[C@H](O)[C@H](C)O)OCOC. The summed E-state index contributed by atoms with van der Waals surface area (Å²) in [5.41, 5.74) is 0. The first-order valence-corrected chi connectivity index (χ1v) is 6.88. The molecule has 21 heavy (non-hydrogen) atoms. The molecule has 0 fully saturated rings. The van der Waals surface area contributed by atoms with Gasteiger partial charge in [0.15, 0.2) is 0 Å². The molecule has 0 aliphatic heterocycles. The number of carbonyl (C=O) groups excluding carboxylic acids is 1. The average molecular weight is 302 g/mol. The minimum atomic E-state index is -1.08. The summed E-state index contributed by atoms with van der Waals surface area (Å²) in [6.45, 7) is 7.05. The van der Waals surface area contributed by atoms with Crippen molar-refractivity contribution in [1.29, 1.82) is 0 Å². The predicted octanol–water partition coefficient (Wildman–Crippen LogP) is 1.17. The molecular formula is C15H26O6. The van der Waals surface area contributed by atoms with Crippen molar-refractivity contribution < 1.29 is 29.2 Å². The summed E-state index contributed by atoms with van der Waals surface area (Å²) in [7, 11) is 1.54. The quantitative estimate of drug-likeness (QED) is 0.258. The fourth-order valence-corrected chi connectivity index (χ4v) is 1.46. The van der Waals surface area contributed by atoms with Gasteiger partial charge in [-0.05, 0) is 32.8 Å². The van der Waals surface area contributed by atoms with E-state index >= 15 is 0 Å². The van der Waals surface area contributed by atoms with Crippen molar-refractivity contribution in [3.8, 4) is 0 Å². The molecule has 0 spiro atoms. The van der Waals surface area contributed by atoms with E-state index in [2.05, 4.69) is 6.58 Å². The van der Waals surface area contributed by atoms with Crippen LogP contribution in [0.2, 0.25) is 0 Å². The lowest BCUT2D eigenvalue weighted by molar-refractivity contribution is -0.143. The Bertz CT molecular complexity index is 326. The summed E-state index contributed by atoms with van der Waals surface area (Å²) < 4.78 is 15.3. The van der Waals surface area contributed by atoms with Crippen molar-refractivity contribution in [1.82, 2.24) is 0 Å². The van der Waals surface area contributed by atoms with Gasteiger partial charge in [-0.1, -0.05) is 6.08 Å². The molecular weight excluding hydrogens is 276 g/mol. The highest BCUT2D eigenvalue weighted by atomic mass is 16.7. The Morgan fingerprint density at radius 3 is 2.48 bits per heavy atom. The zero-order valence-corrected chi connectivity index (χ0v) is 12.9. The summed E-state index contributed by atoms with van der Waals surface area (Å²) in [6.07, 6.45) is 2.79. The predicted molar refractivity (Wildman–Crippen MR) is 78.6 cm³/mol. The second-order valence-electron chi connectivity index (χ2n) is 4.76. The second-order valence-corrected chi connectivity index (χ2v) is 4.76. The highest BCUT2D eigenvalue weighted by Gasteiger charge is 2.12. The number of hydrogen-bond donors (Lipinski definition) is 2. The Morgan fingerprint density at radius 2 is 1.95 bits per heavy atom. The van der Waals surface area contributed by atoms with Crippen LogP contribution >= 0.6 is 0 Å². The molecule has 0 aromatic heterocycles. The summed E-state index contributed by atoms with van der Waals surface area (Å²) >= 11 is 0. The van der Waals surface area contributed by atoms with Crippen molar-refractivity contribution in [3.05, 3.63) is 24.8 Å². The molecule has 122 valence electrons. The number of carbonyl (C=O) groups is 1. The summed E-state index contributed by atoms with van der Waals surface area (Å²) in [6, 6.07) is 0. The Morgan fingerprint density at radius 1 is 1.29 bits per heavy atom. The molecule has 0 bridgehead atoms. The van der Waals surface area contributed by atoms with Gasteiger partial charge in [0.1, 0.15) is 6.79 Å². The van der Waals surface area contributed by atoms with E-state index in [4.69, 9.17) is 19.3 Å². The van der Waals surface area contributed by atoms with Crippen molar-refractivity contribution in [2.45, 2.75) is 51.1 Å². The Kier molecular flexibility index (Phi) is 10.8. The van der Waals surface area contributed by atoms with E-state index in [1.807, 2.05) is 0 Å². The first kappa shape index (κ1) is 19.8. The third-order valence-electron chi connectivity index (χ3n) is 2.76. The van der Waals surface area contributed by atoms with Gasteiger partial charge in [0.25, 0.3) is 0 Å². The second kappa shape index (κ2) is 11.4. The van der Waals surface area contributed by atoms with E-state index in [0.717, 1.165) is 6.08 Å². The molecule has 0 rings (SSSR count). The lowest BCUT2D eigenvalue weighted by Gasteiger charge is -2.16. The minimum absolute atomic E-state index is 0.154. The lowest BCUT2D eigenvalue weighted by atomic mass is 10.1. The molecule has 6 heteroatoms. The smallest absolute Gasteiger partial charge is 0.330 e. The number of hydrogen-bond acceptors (Lipinski definition) is 6. The van der Waals surface area contributed by atoms with Crippen LogP contribution in [-0.2, 0) is 19.0 Å². The van der Waals surface area contributed by atoms with E-state index in [1.54, 1.807) is 20.1 Å². The summed E-state index contributed by atoms with van der Waals surface area (Å²) in [5.74, 6) is -0.560. The number of aliphatic hydroxyl groups excluding tert-OH is 2. The highest BCUT2D eigenvalue weighted by molar-refractivity contribution is 5.82. The van der Waals surface area contributed by atoms with Gasteiger partial charge in [0.05, 0.1) is 24.4 Å². The van der Waals surface area contributed by atoms with Crippen LogP contribution in [0.25, 0.3) is 0 Å². The number of aliphatic hydroxyl groups is 2. The van der Waals surface area contributed by atoms with Gasteiger partial charge in [-0.3, -0.25) is 0 Å². The first-order valence-electron chi connectivity index (χ1n) is 6.88. The van der Waals surface area contributed by atoms with Gasteiger partial charge in [0, 0.05) is 13.2 Å². The van der Waals surface area contributed by atoms with Gasteiger partial charge in [-0.25, -0.2) is 4.79 Å². The molecule has 0 aliphatic carbocycles. The Hall–Kier alpha value is -1.21. The van der Waals surface area contributed by atoms with Crippen LogP contribution < -0.4 is 0 Å². The molecule has 0 aromatic carbocycles. The van der Waals surface area contributed by atoms with Crippen LogP contribution in [0.4, 0.5) is 0 Å². The minimum Gasteiger partial charge on any atom is -0.460 e. The standard InChI is InChI=1S/C15H26O6/c1-5-13(20-10-19-4)7-6-11(2)21-15(18)9-8-14(17)12(3)16/h5,8-9,11-14,16-17H,1,6-7,10H2,2-4H3/b9-8+/t11-,12-,13+,14-/m0/s1. The number of esters is 1. The van der Waals surface area contributed by atoms with Crippen LogP contribution in [0.1, 0.15) is 26.7 Å². The largest absolute Gasteiger partial charge is 0.460 e. The number of methoxy groups -OCH3 is 1. The van der Waals surface area contributed by atoms with Gasteiger partial charge in [0.2, 0.25) is 0 Å². The molecule has 0 heterocycles. The normalized spacial score (nSPS) is 17.2. The van der Waals surface area contributed by atoms with Crippen LogP contribution in [0.15, 0.2) is 24.8 Å². The Balaban J connectivity index is 4.04.